The molecule has 0 spiro atoms. The van der Waals surface area contributed by atoms with Gasteiger partial charge in [-0.25, -0.2) is 0 Å². The summed E-state index contributed by atoms with van der Waals surface area (Å²) in [4.78, 5) is 6.74. The SMILES string of the molecule is CCC1COC(C)CN1C(c1cccnc1)C(C)N. The van der Waals surface area contributed by atoms with Gasteiger partial charge < -0.3 is 10.5 Å². The van der Waals surface area contributed by atoms with Crippen molar-refractivity contribution < 1.29 is 4.74 Å². The lowest BCUT2D eigenvalue weighted by molar-refractivity contribution is -0.0762. The molecule has 106 valence electrons. The monoisotopic (exact) mass is 263 g/mol. The predicted octanol–water partition coefficient (Wildman–Crippen LogP) is 1.97. The van der Waals surface area contributed by atoms with Crippen molar-refractivity contribution in [2.75, 3.05) is 13.2 Å². The lowest BCUT2D eigenvalue weighted by Crippen LogP contribution is -2.53. The second-order valence-corrected chi connectivity index (χ2v) is 5.49. The highest BCUT2D eigenvalue weighted by molar-refractivity contribution is 5.16. The molecule has 2 heterocycles. The van der Waals surface area contributed by atoms with Crippen molar-refractivity contribution in [3.63, 3.8) is 0 Å². The third-order valence-corrected chi connectivity index (χ3v) is 3.86. The maximum absolute atomic E-state index is 6.25. The molecular weight excluding hydrogens is 238 g/mol. The van der Waals surface area contributed by atoms with Crippen molar-refractivity contribution in [1.82, 2.24) is 9.88 Å². The molecule has 19 heavy (non-hydrogen) atoms. The van der Waals surface area contributed by atoms with E-state index in [1.54, 1.807) is 6.20 Å². The van der Waals surface area contributed by atoms with Gasteiger partial charge in [0.05, 0.1) is 18.8 Å². The number of morpholine rings is 1. The molecule has 1 aliphatic heterocycles. The second kappa shape index (κ2) is 6.46. The average Bonchev–Trinajstić information content (AvgIpc) is 2.40. The summed E-state index contributed by atoms with van der Waals surface area (Å²) in [6.07, 6.45) is 5.08. The van der Waals surface area contributed by atoms with Crippen molar-refractivity contribution >= 4 is 0 Å². The molecule has 1 saturated heterocycles. The molecule has 0 saturated carbocycles. The number of rotatable bonds is 4. The number of hydrogen-bond acceptors (Lipinski definition) is 4. The maximum Gasteiger partial charge on any atom is 0.0675 e. The molecule has 4 unspecified atom stereocenters. The molecule has 1 fully saturated rings. The van der Waals surface area contributed by atoms with E-state index in [1.165, 1.54) is 5.56 Å². The predicted molar refractivity (Wildman–Crippen MR) is 76.8 cm³/mol. The van der Waals surface area contributed by atoms with Gasteiger partial charge in [-0.3, -0.25) is 9.88 Å². The van der Waals surface area contributed by atoms with Crippen molar-refractivity contribution in [2.45, 2.75) is 51.4 Å². The Morgan fingerprint density at radius 3 is 2.95 bits per heavy atom. The normalized spacial score (nSPS) is 28.0. The van der Waals surface area contributed by atoms with Gasteiger partial charge in [-0.1, -0.05) is 13.0 Å². The molecule has 0 amide bonds. The third-order valence-electron chi connectivity index (χ3n) is 3.86. The van der Waals surface area contributed by atoms with E-state index in [2.05, 4.69) is 36.7 Å². The fourth-order valence-electron chi connectivity index (χ4n) is 2.91. The highest BCUT2D eigenvalue weighted by atomic mass is 16.5. The van der Waals surface area contributed by atoms with E-state index >= 15 is 0 Å². The fraction of sp³-hybridized carbons (Fsp3) is 0.667. The summed E-state index contributed by atoms with van der Waals surface area (Å²) in [5, 5.41) is 0. The van der Waals surface area contributed by atoms with Gasteiger partial charge in [-0.15, -0.1) is 0 Å². The molecule has 1 aliphatic rings. The van der Waals surface area contributed by atoms with E-state index in [0.717, 1.165) is 19.6 Å². The van der Waals surface area contributed by atoms with Crippen molar-refractivity contribution in [3.05, 3.63) is 30.1 Å². The number of nitrogens with zero attached hydrogens (tertiary/aromatic N) is 2. The van der Waals surface area contributed by atoms with E-state index in [-0.39, 0.29) is 18.2 Å². The van der Waals surface area contributed by atoms with Crippen LogP contribution in [0, 0.1) is 0 Å². The highest BCUT2D eigenvalue weighted by Gasteiger charge is 2.33. The van der Waals surface area contributed by atoms with Gasteiger partial charge in [0.25, 0.3) is 0 Å². The smallest absolute Gasteiger partial charge is 0.0675 e. The highest BCUT2D eigenvalue weighted by Crippen LogP contribution is 2.29. The molecule has 2 N–H and O–H groups in total. The number of hydrogen-bond donors (Lipinski definition) is 1. The Balaban J connectivity index is 2.26. The zero-order valence-corrected chi connectivity index (χ0v) is 12.1. The fourth-order valence-corrected chi connectivity index (χ4v) is 2.91. The Kier molecular flexibility index (Phi) is 4.91. The summed E-state index contributed by atoms with van der Waals surface area (Å²) < 4.78 is 5.78. The average molecular weight is 263 g/mol. The van der Waals surface area contributed by atoms with Gasteiger partial charge in [0, 0.05) is 31.0 Å². The van der Waals surface area contributed by atoms with Crippen molar-refractivity contribution in [1.29, 1.82) is 0 Å². The zero-order chi connectivity index (χ0) is 13.8. The molecule has 2 rings (SSSR count). The Morgan fingerprint density at radius 2 is 2.37 bits per heavy atom. The summed E-state index contributed by atoms with van der Waals surface area (Å²) in [6.45, 7) is 8.13. The number of nitrogens with two attached hydrogens (primary N) is 1. The van der Waals surface area contributed by atoms with Crippen LogP contribution in [-0.2, 0) is 4.74 Å². The summed E-state index contributed by atoms with van der Waals surface area (Å²) in [5.41, 5.74) is 7.45. The van der Waals surface area contributed by atoms with E-state index in [4.69, 9.17) is 10.5 Å². The lowest BCUT2D eigenvalue weighted by Gasteiger charge is -2.44. The van der Waals surface area contributed by atoms with Crippen LogP contribution < -0.4 is 5.73 Å². The molecule has 0 bridgehead atoms. The Morgan fingerprint density at radius 1 is 1.58 bits per heavy atom. The molecule has 4 atom stereocenters. The van der Waals surface area contributed by atoms with Crippen LogP contribution in [-0.4, -0.2) is 41.2 Å². The van der Waals surface area contributed by atoms with Crippen LogP contribution in [0.1, 0.15) is 38.8 Å². The van der Waals surface area contributed by atoms with E-state index in [0.29, 0.717) is 6.04 Å². The van der Waals surface area contributed by atoms with Gasteiger partial charge >= 0.3 is 0 Å². The lowest BCUT2D eigenvalue weighted by atomic mass is 9.97. The first-order chi connectivity index (χ1) is 9.13. The van der Waals surface area contributed by atoms with E-state index in [9.17, 15) is 0 Å². The van der Waals surface area contributed by atoms with Crippen LogP contribution in [0.25, 0.3) is 0 Å². The minimum Gasteiger partial charge on any atom is -0.376 e. The molecular formula is C15H25N3O. The minimum absolute atomic E-state index is 0.0727. The number of pyridine rings is 1. The van der Waals surface area contributed by atoms with Crippen molar-refractivity contribution in [2.24, 2.45) is 5.73 Å². The Hall–Kier alpha value is -0.970. The summed E-state index contributed by atoms with van der Waals surface area (Å²) in [7, 11) is 0. The second-order valence-electron chi connectivity index (χ2n) is 5.49. The van der Waals surface area contributed by atoms with Gasteiger partial charge in [-0.05, 0) is 31.9 Å². The summed E-state index contributed by atoms with van der Waals surface area (Å²) in [5.74, 6) is 0. The third kappa shape index (κ3) is 3.32. The van der Waals surface area contributed by atoms with Gasteiger partial charge in [0.2, 0.25) is 0 Å². The molecule has 1 aromatic heterocycles. The van der Waals surface area contributed by atoms with Gasteiger partial charge in [0.15, 0.2) is 0 Å². The zero-order valence-electron chi connectivity index (χ0n) is 12.1. The Bertz CT molecular complexity index is 382. The quantitative estimate of drug-likeness (QED) is 0.902. The molecule has 0 radical (unpaired) electrons. The van der Waals surface area contributed by atoms with Crippen LogP contribution in [0.15, 0.2) is 24.5 Å². The first-order valence-electron chi connectivity index (χ1n) is 7.16. The van der Waals surface area contributed by atoms with Crippen LogP contribution in [0.4, 0.5) is 0 Å². The molecule has 4 nitrogen and oxygen atoms in total. The summed E-state index contributed by atoms with van der Waals surface area (Å²) >= 11 is 0. The Labute approximate surface area is 116 Å². The topological polar surface area (TPSA) is 51.4 Å². The van der Waals surface area contributed by atoms with Crippen molar-refractivity contribution in [3.8, 4) is 0 Å². The van der Waals surface area contributed by atoms with Crippen LogP contribution >= 0.6 is 0 Å². The van der Waals surface area contributed by atoms with Gasteiger partial charge in [-0.2, -0.15) is 0 Å². The molecule has 1 aromatic rings. The standard InChI is InChI=1S/C15H25N3O/c1-4-14-10-19-11(2)9-18(14)15(12(3)16)13-6-5-7-17-8-13/h5-8,11-12,14-15H,4,9-10,16H2,1-3H3. The van der Waals surface area contributed by atoms with E-state index < -0.39 is 0 Å². The summed E-state index contributed by atoms with van der Waals surface area (Å²) in [6, 6.07) is 4.82. The van der Waals surface area contributed by atoms with E-state index in [1.807, 2.05) is 12.3 Å². The molecule has 0 aliphatic carbocycles. The first-order valence-corrected chi connectivity index (χ1v) is 7.16. The van der Waals surface area contributed by atoms with Crippen LogP contribution in [0.2, 0.25) is 0 Å². The van der Waals surface area contributed by atoms with Crippen LogP contribution in [0.5, 0.6) is 0 Å². The minimum atomic E-state index is 0.0727. The first kappa shape index (κ1) is 14.4. The number of ether oxygens (including phenoxy) is 1. The van der Waals surface area contributed by atoms with Crippen LogP contribution in [0.3, 0.4) is 0 Å². The largest absolute Gasteiger partial charge is 0.376 e. The molecule has 0 aromatic carbocycles. The maximum atomic E-state index is 6.25. The van der Waals surface area contributed by atoms with Gasteiger partial charge in [0.1, 0.15) is 0 Å². The molecule has 4 heteroatoms. The number of aromatic nitrogens is 1.